The molecule has 6 nitrogen and oxygen atoms in total. The average Bonchev–Trinajstić information content (AvgIpc) is 3.29. The summed E-state index contributed by atoms with van der Waals surface area (Å²) in [5.74, 6) is 1.36. The highest BCUT2D eigenvalue weighted by Gasteiger charge is 2.21. The molecule has 0 radical (unpaired) electrons. The van der Waals surface area contributed by atoms with E-state index in [2.05, 4.69) is 32.0 Å². The standard InChI is InChI=1S/C17H19N5O/c1-13-18-7-8-22(13)17-5-3-2-4-14(17)10-21-11-16(19-20-21)15-6-9-23-12-15/h2-5,7-8,11,15H,6,9-10,12H2,1H3/t15-/m0/s1. The van der Waals surface area contributed by atoms with Crippen molar-refractivity contribution in [3.05, 3.63) is 59.9 Å². The summed E-state index contributed by atoms with van der Waals surface area (Å²) >= 11 is 0. The number of aromatic nitrogens is 5. The van der Waals surface area contributed by atoms with Crippen LogP contribution in [-0.4, -0.2) is 37.8 Å². The highest BCUT2D eigenvalue weighted by molar-refractivity contribution is 5.42. The van der Waals surface area contributed by atoms with Crippen molar-refractivity contribution in [1.82, 2.24) is 24.5 Å². The van der Waals surface area contributed by atoms with Crippen LogP contribution in [0.2, 0.25) is 0 Å². The first-order valence-electron chi connectivity index (χ1n) is 7.87. The molecule has 0 bridgehead atoms. The molecule has 1 aromatic carbocycles. The third-order valence-electron chi connectivity index (χ3n) is 4.31. The summed E-state index contributed by atoms with van der Waals surface area (Å²) in [4.78, 5) is 4.31. The van der Waals surface area contributed by atoms with Gasteiger partial charge in [0.15, 0.2) is 0 Å². The Morgan fingerprint density at radius 2 is 2.22 bits per heavy atom. The summed E-state index contributed by atoms with van der Waals surface area (Å²) in [5.41, 5.74) is 3.34. The van der Waals surface area contributed by atoms with Crippen molar-refractivity contribution >= 4 is 0 Å². The number of para-hydroxylation sites is 1. The summed E-state index contributed by atoms with van der Waals surface area (Å²) in [6.07, 6.45) is 6.87. The van der Waals surface area contributed by atoms with Crippen LogP contribution in [0.3, 0.4) is 0 Å². The van der Waals surface area contributed by atoms with Crippen LogP contribution in [0.4, 0.5) is 0 Å². The third kappa shape index (κ3) is 2.77. The van der Waals surface area contributed by atoms with Crippen LogP contribution in [0.25, 0.3) is 5.69 Å². The first-order valence-corrected chi connectivity index (χ1v) is 7.87. The van der Waals surface area contributed by atoms with Crippen molar-refractivity contribution in [2.45, 2.75) is 25.8 Å². The second-order valence-electron chi connectivity index (χ2n) is 5.87. The summed E-state index contributed by atoms with van der Waals surface area (Å²) in [6.45, 7) is 4.27. The fourth-order valence-corrected chi connectivity index (χ4v) is 3.03. The lowest BCUT2D eigenvalue weighted by Gasteiger charge is -2.11. The first kappa shape index (κ1) is 14.1. The van der Waals surface area contributed by atoms with E-state index in [-0.39, 0.29) is 0 Å². The fraction of sp³-hybridized carbons (Fsp3) is 0.353. The van der Waals surface area contributed by atoms with Gasteiger partial charge < -0.3 is 9.30 Å². The van der Waals surface area contributed by atoms with Crippen LogP contribution >= 0.6 is 0 Å². The van der Waals surface area contributed by atoms with Crippen molar-refractivity contribution in [3.8, 4) is 5.69 Å². The van der Waals surface area contributed by atoms with E-state index in [0.717, 1.165) is 36.8 Å². The number of hydrogen-bond acceptors (Lipinski definition) is 4. The largest absolute Gasteiger partial charge is 0.381 e. The maximum absolute atomic E-state index is 5.43. The van der Waals surface area contributed by atoms with Gasteiger partial charge in [0.25, 0.3) is 0 Å². The third-order valence-corrected chi connectivity index (χ3v) is 4.31. The van der Waals surface area contributed by atoms with Crippen LogP contribution in [0, 0.1) is 6.92 Å². The zero-order valence-corrected chi connectivity index (χ0v) is 13.1. The molecule has 3 aromatic rings. The molecule has 3 heterocycles. The monoisotopic (exact) mass is 309 g/mol. The topological polar surface area (TPSA) is 57.8 Å². The van der Waals surface area contributed by atoms with Gasteiger partial charge in [0.1, 0.15) is 5.82 Å². The van der Waals surface area contributed by atoms with Crippen LogP contribution in [0.1, 0.15) is 29.4 Å². The van der Waals surface area contributed by atoms with Crippen molar-refractivity contribution < 1.29 is 4.74 Å². The van der Waals surface area contributed by atoms with Gasteiger partial charge >= 0.3 is 0 Å². The summed E-state index contributed by atoms with van der Waals surface area (Å²) < 4.78 is 9.43. The summed E-state index contributed by atoms with van der Waals surface area (Å²) in [5, 5.41) is 8.61. The maximum Gasteiger partial charge on any atom is 0.110 e. The lowest BCUT2D eigenvalue weighted by atomic mass is 10.1. The van der Waals surface area contributed by atoms with Crippen molar-refractivity contribution in [2.75, 3.05) is 13.2 Å². The van der Waals surface area contributed by atoms with Crippen LogP contribution in [-0.2, 0) is 11.3 Å². The lowest BCUT2D eigenvalue weighted by molar-refractivity contribution is 0.193. The Balaban J connectivity index is 1.61. The van der Waals surface area contributed by atoms with E-state index < -0.39 is 0 Å². The van der Waals surface area contributed by atoms with Gasteiger partial charge in [-0.1, -0.05) is 23.4 Å². The van der Waals surface area contributed by atoms with Crippen LogP contribution in [0.15, 0.2) is 42.9 Å². The van der Waals surface area contributed by atoms with Gasteiger partial charge in [-0.05, 0) is 25.0 Å². The minimum absolute atomic E-state index is 0.384. The fourth-order valence-electron chi connectivity index (χ4n) is 3.03. The Bertz CT molecular complexity index is 801. The number of ether oxygens (including phenoxy) is 1. The smallest absolute Gasteiger partial charge is 0.110 e. The van der Waals surface area contributed by atoms with E-state index in [1.807, 2.05) is 42.3 Å². The second kappa shape index (κ2) is 5.96. The predicted molar refractivity (Wildman–Crippen MR) is 85.6 cm³/mol. The molecule has 0 aliphatic carbocycles. The Morgan fingerprint density at radius 1 is 1.30 bits per heavy atom. The quantitative estimate of drug-likeness (QED) is 0.742. The van der Waals surface area contributed by atoms with Crippen LogP contribution in [0.5, 0.6) is 0 Å². The van der Waals surface area contributed by atoms with Gasteiger partial charge in [0.05, 0.1) is 24.5 Å². The molecule has 4 rings (SSSR count). The number of nitrogens with zero attached hydrogens (tertiary/aromatic N) is 5. The number of rotatable bonds is 4. The minimum atomic E-state index is 0.384. The van der Waals surface area contributed by atoms with Crippen molar-refractivity contribution in [1.29, 1.82) is 0 Å². The Hall–Kier alpha value is -2.47. The average molecular weight is 309 g/mol. The number of hydrogen-bond donors (Lipinski definition) is 0. The molecule has 1 fully saturated rings. The van der Waals surface area contributed by atoms with E-state index in [1.54, 1.807) is 0 Å². The molecule has 118 valence electrons. The summed E-state index contributed by atoms with van der Waals surface area (Å²) in [6, 6.07) is 8.32. The Labute approximate surface area is 134 Å². The molecule has 1 aliphatic heterocycles. The van der Waals surface area contributed by atoms with E-state index in [9.17, 15) is 0 Å². The molecule has 6 heteroatoms. The molecule has 1 saturated heterocycles. The molecule has 1 aliphatic rings. The van der Waals surface area contributed by atoms with Crippen LogP contribution < -0.4 is 0 Å². The predicted octanol–water partition coefficient (Wildman–Crippen LogP) is 2.32. The van der Waals surface area contributed by atoms with E-state index in [0.29, 0.717) is 12.5 Å². The SMILES string of the molecule is Cc1nccn1-c1ccccc1Cn1cc([C@H]2CCOC2)nn1. The molecule has 2 aromatic heterocycles. The molecule has 23 heavy (non-hydrogen) atoms. The molecule has 0 unspecified atom stereocenters. The molecule has 0 N–H and O–H groups in total. The molecule has 0 amide bonds. The van der Waals surface area contributed by atoms with Gasteiger partial charge in [-0.25, -0.2) is 9.67 Å². The maximum atomic E-state index is 5.43. The van der Waals surface area contributed by atoms with Gasteiger partial charge in [-0.2, -0.15) is 0 Å². The van der Waals surface area contributed by atoms with Crippen molar-refractivity contribution in [3.63, 3.8) is 0 Å². The van der Waals surface area contributed by atoms with Gasteiger partial charge in [-0.3, -0.25) is 0 Å². The molecule has 0 saturated carbocycles. The Morgan fingerprint density at radius 3 is 3.00 bits per heavy atom. The number of benzene rings is 1. The zero-order chi connectivity index (χ0) is 15.6. The van der Waals surface area contributed by atoms with E-state index in [1.165, 1.54) is 5.56 Å². The second-order valence-corrected chi connectivity index (χ2v) is 5.87. The first-order chi connectivity index (χ1) is 11.3. The van der Waals surface area contributed by atoms with Crippen molar-refractivity contribution in [2.24, 2.45) is 0 Å². The molecule has 0 spiro atoms. The van der Waals surface area contributed by atoms with Gasteiger partial charge in [0, 0.05) is 31.1 Å². The highest BCUT2D eigenvalue weighted by Crippen LogP contribution is 2.23. The Kier molecular flexibility index (Phi) is 3.67. The number of aryl methyl sites for hydroxylation is 1. The lowest BCUT2D eigenvalue weighted by Crippen LogP contribution is -2.06. The minimum Gasteiger partial charge on any atom is -0.381 e. The molecular weight excluding hydrogens is 290 g/mol. The zero-order valence-electron chi connectivity index (χ0n) is 13.1. The van der Waals surface area contributed by atoms with E-state index in [4.69, 9.17) is 4.74 Å². The van der Waals surface area contributed by atoms with Gasteiger partial charge in [0.2, 0.25) is 0 Å². The molecule has 1 atom stereocenters. The highest BCUT2D eigenvalue weighted by atomic mass is 16.5. The normalized spacial score (nSPS) is 17.7. The number of imidazole rings is 1. The molecular formula is C17H19N5O. The van der Waals surface area contributed by atoms with Gasteiger partial charge in [-0.15, -0.1) is 5.10 Å². The van der Waals surface area contributed by atoms with E-state index >= 15 is 0 Å². The summed E-state index contributed by atoms with van der Waals surface area (Å²) in [7, 11) is 0.